The lowest BCUT2D eigenvalue weighted by Gasteiger charge is -2.23. The molecule has 0 spiro atoms. The summed E-state index contributed by atoms with van der Waals surface area (Å²) >= 11 is 0. The minimum atomic E-state index is 0.0955. The Balaban J connectivity index is 1.37. The highest BCUT2D eigenvalue weighted by Crippen LogP contribution is 2.47. The van der Waals surface area contributed by atoms with Crippen LogP contribution in [0.15, 0.2) is 85.5 Å². The maximum Gasteiger partial charge on any atom is 0.264 e. The molecule has 1 saturated heterocycles. The molecule has 1 aliphatic rings. The van der Waals surface area contributed by atoms with E-state index < -0.39 is 0 Å². The molecule has 3 N–H and O–H groups in total. The van der Waals surface area contributed by atoms with E-state index in [0.717, 1.165) is 89.1 Å². The van der Waals surface area contributed by atoms with Crippen molar-refractivity contribution in [2.24, 2.45) is 0 Å². The van der Waals surface area contributed by atoms with E-state index >= 15 is 0 Å². The van der Waals surface area contributed by atoms with Crippen LogP contribution in [0.1, 0.15) is 0 Å². The molecule has 228 valence electrons. The van der Waals surface area contributed by atoms with Crippen molar-refractivity contribution in [3.63, 3.8) is 0 Å². The molecule has 1 amide bonds. The Labute approximate surface area is 258 Å². The zero-order chi connectivity index (χ0) is 30.3. The van der Waals surface area contributed by atoms with Crippen molar-refractivity contribution < 1.29 is 18.8 Å². The monoisotopic (exact) mass is 593 g/mol. The Hall–Kier alpha value is -4.44. The fraction of sp³-hybridized carbons (Fsp3) is 0.314. The molecule has 5 aromatic rings. The molecule has 2 heterocycles. The van der Waals surface area contributed by atoms with Gasteiger partial charge in [-0.1, -0.05) is 54.6 Å². The molecule has 0 saturated carbocycles. The Bertz CT molecular complexity index is 1740. The van der Waals surface area contributed by atoms with Gasteiger partial charge in [0.2, 0.25) is 6.33 Å². The molecule has 4 aromatic carbocycles. The Kier molecular flexibility index (Phi) is 9.36. The third-order valence-electron chi connectivity index (χ3n) is 8.26. The second kappa shape index (κ2) is 13.9. The summed E-state index contributed by atoms with van der Waals surface area (Å²) in [4.78, 5) is 15.4. The first-order valence-electron chi connectivity index (χ1n) is 15.3. The number of benzene rings is 4. The number of amides is 1. The molecule has 0 atom stereocenters. The number of imidazole rings is 1. The summed E-state index contributed by atoms with van der Waals surface area (Å²) in [5, 5.41) is 14.6. The van der Waals surface area contributed by atoms with Gasteiger partial charge in [-0.3, -0.25) is 4.79 Å². The minimum absolute atomic E-state index is 0.0955. The predicted octanol–water partition coefficient (Wildman–Crippen LogP) is 3.37. The normalized spacial score (nSPS) is 15.1. The lowest BCUT2D eigenvalue weighted by atomic mass is 9.91. The topological polar surface area (TPSA) is 83.7 Å². The van der Waals surface area contributed by atoms with E-state index in [-0.39, 0.29) is 12.5 Å². The number of nitrogens with one attached hydrogen (secondary N) is 3. The largest absolute Gasteiger partial charge is 0.496 e. The van der Waals surface area contributed by atoms with Gasteiger partial charge in [-0.2, -0.15) is 4.57 Å². The molecule has 1 fully saturated rings. The van der Waals surface area contributed by atoms with Crippen LogP contribution in [0.4, 0.5) is 0 Å². The highest BCUT2D eigenvalue weighted by atomic mass is 16.5. The van der Waals surface area contributed by atoms with Crippen molar-refractivity contribution in [2.75, 3.05) is 66.6 Å². The van der Waals surface area contributed by atoms with Gasteiger partial charge in [-0.05, 0) is 33.7 Å². The van der Waals surface area contributed by atoms with Gasteiger partial charge in [0.25, 0.3) is 5.91 Å². The zero-order valence-corrected chi connectivity index (χ0v) is 25.5. The van der Waals surface area contributed by atoms with Gasteiger partial charge in [-0.15, -0.1) is 0 Å². The molecule has 9 heteroatoms. The molecular weight excluding hydrogens is 552 g/mol. The Morgan fingerprint density at radius 1 is 0.773 bits per heavy atom. The van der Waals surface area contributed by atoms with Crippen LogP contribution < -0.4 is 30.0 Å². The smallest absolute Gasteiger partial charge is 0.264 e. The number of nitrogens with zero attached hydrogens (tertiary/aromatic N) is 3. The number of carbonyl (C=O) groups is 1. The fourth-order valence-electron chi connectivity index (χ4n) is 6.04. The van der Waals surface area contributed by atoms with Crippen molar-refractivity contribution in [3.8, 4) is 28.3 Å². The lowest BCUT2D eigenvalue weighted by Crippen LogP contribution is -2.48. The number of methoxy groups -OCH3 is 2. The van der Waals surface area contributed by atoms with Gasteiger partial charge in [-0.25, -0.2) is 4.57 Å². The van der Waals surface area contributed by atoms with Crippen LogP contribution in [0.2, 0.25) is 0 Å². The van der Waals surface area contributed by atoms with Crippen molar-refractivity contribution in [3.05, 3.63) is 85.5 Å². The summed E-state index contributed by atoms with van der Waals surface area (Å²) in [6.07, 6.45) is 5.90. The predicted molar refractivity (Wildman–Crippen MR) is 175 cm³/mol. The van der Waals surface area contributed by atoms with Gasteiger partial charge in [0, 0.05) is 63.5 Å². The first-order chi connectivity index (χ1) is 21.7. The van der Waals surface area contributed by atoms with Crippen LogP contribution in [0, 0.1) is 0 Å². The quantitative estimate of drug-likeness (QED) is 0.262. The summed E-state index contributed by atoms with van der Waals surface area (Å²) < 4.78 is 16.1. The molecule has 0 unspecified atom stereocenters. The lowest BCUT2D eigenvalue weighted by molar-refractivity contribution is -0.684. The van der Waals surface area contributed by atoms with Gasteiger partial charge < -0.3 is 30.3 Å². The summed E-state index contributed by atoms with van der Waals surface area (Å²) in [6, 6.07) is 22.9. The molecule has 6 rings (SSSR count). The van der Waals surface area contributed by atoms with Crippen LogP contribution in [0.5, 0.6) is 11.5 Å². The third kappa shape index (κ3) is 6.26. The zero-order valence-electron chi connectivity index (χ0n) is 25.5. The van der Waals surface area contributed by atoms with E-state index in [2.05, 4.69) is 70.5 Å². The molecule has 44 heavy (non-hydrogen) atoms. The summed E-state index contributed by atoms with van der Waals surface area (Å²) in [6.45, 7) is 6.78. The second-order valence-electron chi connectivity index (χ2n) is 11.0. The van der Waals surface area contributed by atoms with Crippen LogP contribution >= 0.6 is 0 Å². The highest BCUT2D eigenvalue weighted by molar-refractivity contribution is 6.11. The number of ether oxygens (including phenoxy) is 2. The molecule has 0 bridgehead atoms. The van der Waals surface area contributed by atoms with Crippen molar-refractivity contribution in [1.82, 2.24) is 25.4 Å². The number of rotatable bonds is 6. The highest BCUT2D eigenvalue weighted by Gasteiger charge is 2.25. The van der Waals surface area contributed by atoms with Crippen LogP contribution in [-0.2, 0) is 11.3 Å². The van der Waals surface area contributed by atoms with E-state index in [4.69, 9.17) is 9.47 Å². The molecule has 1 aromatic heterocycles. The standard InChI is InChI=1S/C35H41N6O3/c1-43-31-12-11-26-7-3-5-9-28(26)33(31)34-29-10-6-4-8-27(29)23-30(35(34)44-2)41-22-21-39(25-41)24-32(42)40-19-17-37-15-13-36-14-16-38-18-20-40/h3-12,21-23,25,36-38H,13-20,24H2,1-2H3/q+1. The molecular formula is C35H41N6O3+. The number of fused-ring (bicyclic) bond motifs is 2. The summed E-state index contributed by atoms with van der Waals surface area (Å²) in [5.41, 5.74) is 2.85. The fourth-order valence-corrected chi connectivity index (χ4v) is 6.04. The summed E-state index contributed by atoms with van der Waals surface area (Å²) in [7, 11) is 3.42. The number of hydrogen-bond acceptors (Lipinski definition) is 6. The van der Waals surface area contributed by atoms with Crippen molar-refractivity contribution >= 4 is 27.5 Å². The van der Waals surface area contributed by atoms with E-state index in [0.29, 0.717) is 13.1 Å². The third-order valence-corrected chi connectivity index (χ3v) is 8.26. The molecule has 0 radical (unpaired) electrons. The maximum atomic E-state index is 13.5. The summed E-state index contributed by atoms with van der Waals surface area (Å²) in [5.74, 6) is 1.61. The number of hydrogen-bond donors (Lipinski definition) is 3. The second-order valence-corrected chi connectivity index (χ2v) is 11.0. The molecule has 0 aliphatic carbocycles. The van der Waals surface area contributed by atoms with Crippen LogP contribution in [0.3, 0.4) is 0 Å². The number of aromatic nitrogens is 2. The van der Waals surface area contributed by atoms with Gasteiger partial charge >= 0.3 is 0 Å². The van der Waals surface area contributed by atoms with Gasteiger partial charge in [0.15, 0.2) is 18.0 Å². The van der Waals surface area contributed by atoms with E-state index in [1.54, 1.807) is 14.2 Å². The average Bonchev–Trinajstić information content (AvgIpc) is 3.51. The Morgan fingerprint density at radius 2 is 1.41 bits per heavy atom. The van der Waals surface area contributed by atoms with Crippen LogP contribution in [0.25, 0.3) is 38.4 Å². The number of carbonyl (C=O) groups excluding carboxylic acids is 1. The van der Waals surface area contributed by atoms with Crippen molar-refractivity contribution in [2.45, 2.75) is 6.54 Å². The van der Waals surface area contributed by atoms with Gasteiger partial charge in [0.1, 0.15) is 18.1 Å². The minimum Gasteiger partial charge on any atom is -0.496 e. The maximum absolute atomic E-state index is 13.5. The van der Waals surface area contributed by atoms with E-state index in [9.17, 15) is 4.79 Å². The van der Waals surface area contributed by atoms with E-state index in [1.807, 2.05) is 44.9 Å². The molecule has 9 nitrogen and oxygen atoms in total. The SMILES string of the molecule is COc1ccc2ccccc2c1-c1c(OC)c(-n2cc[n+](CC(=O)N3CCNCCNCCNCC3)c2)cc2ccccc12. The Morgan fingerprint density at radius 3 is 2.09 bits per heavy atom. The van der Waals surface area contributed by atoms with E-state index in [1.165, 1.54) is 0 Å². The van der Waals surface area contributed by atoms with Crippen LogP contribution in [-0.4, -0.2) is 82.0 Å². The van der Waals surface area contributed by atoms with Gasteiger partial charge in [0.05, 0.1) is 14.2 Å². The first-order valence-corrected chi connectivity index (χ1v) is 15.3. The average molecular weight is 594 g/mol. The van der Waals surface area contributed by atoms with Crippen molar-refractivity contribution in [1.29, 1.82) is 0 Å². The molecule has 1 aliphatic heterocycles. The first kappa shape index (κ1) is 29.6.